The molecule has 3 aromatic carbocycles. The van der Waals surface area contributed by atoms with Crippen molar-refractivity contribution in [1.29, 1.82) is 0 Å². The third-order valence-corrected chi connectivity index (χ3v) is 5.21. The summed E-state index contributed by atoms with van der Waals surface area (Å²) in [4.78, 5) is 22.3. The predicted molar refractivity (Wildman–Crippen MR) is 134 cm³/mol. The van der Waals surface area contributed by atoms with Gasteiger partial charge in [-0.05, 0) is 67.9 Å². The van der Waals surface area contributed by atoms with E-state index in [2.05, 4.69) is 10.1 Å². The Morgan fingerprint density at radius 3 is 2.39 bits per heavy atom. The predicted octanol–water partition coefficient (Wildman–Crippen LogP) is 5.42. The first-order valence-corrected chi connectivity index (χ1v) is 11.4. The van der Waals surface area contributed by atoms with Gasteiger partial charge < -0.3 is 23.8 Å². The van der Waals surface area contributed by atoms with E-state index in [9.17, 15) is 9.90 Å². The Morgan fingerprint density at radius 2 is 1.69 bits per heavy atom. The molecule has 0 fully saturated rings. The van der Waals surface area contributed by atoms with Gasteiger partial charge in [-0.25, -0.2) is 9.78 Å². The molecule has 0 bridgehead atoms. The van der Waals surface area contributed by atoms with Crippen LogP contribution in [0.3, 0.4) is 0 Å². The van der Waals surface area contributed by atoms with Crippen molar-refractivity contribution in [1.82, 2.24) is 4.98 Å². The summed E-state index contributed by atoms with van der Waals surface area (Å²) >= 11 is 0. The molecule has 8 heteroatoms. The van der Waals surface area contributed by atoms with Crippen LogP contribution in [0.2, 0.25) is 0 Å². The molecular formula is C28H26N2O6. The van der Waals surface area contributed by atoms with Crippen molar-refractivity contribution in [2.75, 3.05) is 6.61 Å². The number of ether oxygens (including phenoxy) is 2. The maximum absolute atomic E-state index is 12.3. The van der Waals surface area contributed by atoms with Crippen molar-refractivity contribution in [3.8, 4) is 23.0 Å². The van der Waals surface area contributed by atoms with Gasteiger partial charge in [0.1, 0.15) is 36.2 Å². The van der Waals surface area contributed by atoms with Gasteiger partial charge in [0.15, 0.2) is 5.71 Å². The molecule has 0 radical (unpaired) electrons. The number of oxime groups is 1. The molecule has 184 valence electrons. The minimum atomic E-state index is -0.606. The lowest BCUT2D eigenvalue weighted by atomic mass is 10.1. The molecule has 0 unspecified atom stereocenters. The summed E-state index contributed by atoms with van der Waals surface area (Å²) in [6, 6.07) is 23.1. The first-order chi connectivity index (χ1) is 17.5. The van der Waals surface area contributed by atoms with Crippen molar-refractivity contribution < 1.29 is 28.6 Å². The maximum Gasteiger partial charge on any atom is 0.361 e. The zero-order chi connectivity index (χ0) is 25.3. The topological polar surface area (TPSA) is 103 Å². The van der Waals surface area contributed by atoms with Crippen molar-refractivity contribution in [2.24, 2.45) is 5.16 Å². The average Bonchev–Trinajstić information content (AvgIpc) is 3.28. The minimum absolute atomic E-state index is 0.0228. The second-order valence-electron chi connectivity index (χ2n) is 7.80. The SMILES string of the molecule is CCOC(=O)/C(=N\OCc1ccc(OCc2nc(-c3ccccc3)oc2C)cc1)c1ccc(O)cc1. The number of aryl methyl sites for hydroxylation is 1. The number of aromatic nitrogens is 1. The van der Waals surface area contributed by atoms with Crippen LogP contribution in [-0.2, 0) is 27.6 Å². The minimum Gasteiger partial charge on any atom is -0.508 e. The Hall–Kier alpha value is -4.59. The highest BCUT2D eigenvalue weighted by atomic mass is 16.6. The van der Waals surface area contributed by atoms with Crippen LogP contribution >= 0.6 is 0 Å². The van der Waals surface area contributed by atoms with Crippen LogP contribution in [0.1, 0.15) is 29.5 Å². The van der Waals surface area contributed by atoms with Gasteiger partial charge in [0.25, 0.3) is 0 Å². The first kappa shape index (κ1) is 24.5. The molecule has 0 aliphatic heterocycles. The monoisotopic (exact) mass is 486 g/mol. The highest BCUT2D eigenvalue weighted by Gasteiger charge is 2.17. The molecule has 4 aromatic rings. The van der Waals surface area contributed by atoms with Crippen LogP contribution in [0.4, 0.5) is 0 Å². The number of phenols is 1. The molecule has 0 atom stereocenters. The number of hydrogen-bond donors (Lipinski definition) is 1. The molecule has 8 nitrogen and oxygen atoms in total. The van der Waals surface area contributed by atoms with E-state index in [1.54, 1.807) is 19.1 Å². The molecule has 0 saturated carbocycles. The standard InChI is InChI=1S/C28H26N2O6/c1-3-33-28(32)26(21-11-13-23(31)14-12-21)30-35-17-20-9-15-24(16-10-20)34-18-25-19(2)36-27(29-25)22-7-5-4-6-8-22/h4-16,31H,3,17-18H2,1-2H3/b30-26-. The van der Waals surface area contributed by atoms with Crippen LogP contribution < -0.4 is 4.74 Å². The van der Waals surface area contributed by atoms with Crippen LogP contribution in [0.25, 0.3) is 11.5 Å². The van der Waals surface area contributed by atoms with Gasteiger partial charge in [-0.1, -0.05) is 35.5 Å². The molecule has 0 aliphatic rings. The van der Waals surface area contributed by atoms with Gasteiger partial charge in [-0.3, -0.25) is 0 Å². The molecule has 1 N–H and O–H groups in total. The molecule has 0 saturated heterocycles. The second-order valence-corrected chi connectivity index (χ2v) is 7.80. The fourth-order valence-electron chi connectivity index (χ4n) is 3.30. The smallest absolute Gasteiger partial charge is 0.361 e. The summed E-state index contributed by atoms with van der Waals surface area (Å²) in [5, 5.41) is 13.5. The van der Waals surface area contributed by atoms with Crippen LogP contribution in [0.5, 0.6) is 11.5 Å². The Labute approximate surface area is 208 Å². The number of hydrogen-bond acceptors (Lipinski definition) is 8. The van der Waals surface area contributed by atoms with E-state index in [0.717, 1.165) is 16.8 Å². The normalized spacial score (nSPS) is 11.2. The van der Waals surface area contributed by atoms with Gasteiger partial charge in [0.05, 0.1) is 6.61 Å². The number of aromatic hydroxyl groups is 1. The Bertz CT molecular complexity index is 1310. The number of carbonyl (C=O) groups is 1. The quantitative estimate of drug-likeness (QED) is 0.181. The first-order valence-electron chi connectivity index (χ1n) is 11.4. The fraction of sp³-hybridized carbons (Fsp3) is 0.179. The lowest BCUT2D eigenvalue weighted by molar-refractivity contribution is -0.135. The Balaban J connectivity index is 1.35. The third kappa shape index (κ3) is 6.29. The number of rotatable bonds is 10. The maximum atomic E-state index is 12.3. The molecule has 0 aliphatic carbocycles. The molecule has 4 rings (SSSR count). The van der Waals surface area contributed by atoms with Gasteiger partial charge in [-0.2, -0.15) is 0 Å². The van der Waals surface area contributed by atoms with Gasteiger partial charge in [-0.15, -0.1) is 0 Å². The Morgan fingerprint density at radius 1 is 0.972 bits per heavy atom. The largest absolute Gasteiger partial charge is 0.508 e. The van der Waals surface area contributed by atoms with Crippen molar-refractivity contribution >= 4 is 11.7 Å². The molecule has 0 spiro atoms. The summed E-state index contributed by atoms with van der Waals surface area (Å²) in [5.74, 6) is 1.42. The molecule has 1 aromatic heterocycles. The van der Waals surface area contributed by atoms with Crippen molar-refractivity contribution in [3.63, 3.8) is 0 Å². The van der Waals surface area contributed by atoms with Crippen LogP contribution in [0.15, 0.2) is 88.4 Å². The van der Waals surface area contributed by atoms with E-state index in [0.29, 0.717) is 23.0 Å². The van der Waals surface area contributed by atoms with Gasteiger partial charge >= 0.3 is 5.97 Å². The number of esters is 1. The van der Waals surface area contributed by atoms with Crippen LogP contribution in [0, 0.1) is 6.92 Å². The van der Waals surface area contributed by atoms with Crippen molar-refractivity contribution in [3.05, 3.63) is 101 Å². The summed E-state index contributed by atoms with van der Waals surface area (Å²) < 4.78 is 16.7. The zero-order valence-corrected chi connectivity index (χ0v) is 20.0. The number of nitrogens with zero attached hydrogens (tertiary/aromatic N) is 2. The summed E-state index contributed by atoms with van der Waals surface area (Å²) in [6.07, 6.45) is 0. The Kier molecular flexibility index (Phi) is 7.97. The number of oxazole rings is 1. The number of carbonyl (C=O) groups excluding carboxylic acids is 1. The number of phenolic OH excluding ortho intramolecular Hbond substituents is 1. The molecular weight excluding hydrogens is 460 g/mol. The molecule has 36 heavy (non-hydrogen) atoms. The molecule has 0 amide bonds. The summed E-state index contributed by atoms with van der Waals surface area (Å²) in [6.45, 7) is 4.20. The van der Waals surface area contributed by atoms with Gasteiger partial charge in [0.2, 0.25) is 5.89 Å². The van der Waals surface area contributed by atoms with E-state index in [-0.39, 0.29) is 31.3 Å². The second kappa shape index (κ2) is 11.7. The zero-order valence-electron chi connectivity index (χ0n) is 20.0. The summed E-state index contributed by atoms with van der Waals surface area (Å²) in [7, 11) is 0. The lowest BCUT2D eigenvalue weighted by Crippen LogP contribution is -2.19. The average molecular weight is 487 g/mol. The van der Waals surface area contributed by atoms with E-state index in [4.69, 9.17) is 18.7 Å². The van der Waals surface area contributed by atoms with E-state index in [1.807, 2.05) is 61.5 Å². The lowest BCUT2D eigenvalue weighted by Gasteiger charge is -2.08. The molecule has 1 heterocycles. The highest BCUT2D eigenvalue weighted by molar-refractivity contribution is 6.43. The van der Waals surface area contributed by atoms with Crippen molar-refractivity contribution in [2.45, 2.75) is 27.1 Å². The highest BCUT2D eigenvalue weighted by Crippen LogP contribution is 2.23. The fourth-order valence-corrected chi connectivity index (χ4v) is 3.30. The number of benzene rings is 3. The van der Waals surface area contributed by atoms with E-state index < -0.39 is 5.97 Å². The third-order valence-electron chi connectivity index (χ3n) is 5.21. The van der Waals surface area contributed by atoms with E-state index >= 15 is 0 Å². The van der Waals surface area contributed by atoms with Crippen LogP contribution in [-0.4, -0.2) is 28.4 Å². The summed E-state index contributed by atoms with van der Waals surface area (Å²) in [5.41, 5.74) is 2.99. The van der Waals surface area contributed by atoms with E-state index in [1.165, 1.54) is 12.1 Å². The van der Waals surface area contributed by atoms with Gasteiger partial charge in [0, 0.05) is 11.1 Å².